The van der Waals surface area contributed by atoms with Gasteiger partial charge >= 0.3 is 0 Å². The molecule has 9 heteroatoms. The number of hydrogen-bond acceptors (Lipinski definition) is 6. The summed E-state index contributed by atoms with van der Waals surface area (Å²) in [6, 6.07) is 13.0. The maximum Gasteiger partial charge on any atom is 0.247 e. The van der Waals surface area contributed by atoms with Gasteiger partial charge in [-0.3, -0.25) is 4.79 Å². The predicted molar refractivity (Wildman–Crippen MR) is 130 cm³/mol. The van der Waals surface area contributed by atoms with E-state index >= 15 is 0 Å². The van der Waals surface area contributed by atoms with Gasteiger partial charge in [0.15, 0.2) is 11.5 Å². The van der Waals surface area contributed by atoms with Crippen molar-refractivity contribution in [2.75, 3.05) is 39.5 Å². The highest BCUT2D eigenvalue weighted by molar-refractivity contribution is 7.89. The van der Waals surface area contributed by atoms with E-state index in [-0.39, 0.29) is 42.3 Å². The first-order chi connectivity index (χ1) is 17.0. The molecule has 2 bridgehead atoms. The van der Waals surface area contributed by atoms with Crippen molar-refractivity contribution in [1.29, 1.82) is 0 Å². The number of hydrogen-bond donors (Lipinski definition) is 0. The minimum atomic E-state index is -4.01. The average Bonchev–Trinajstić information content (AvgIpc) is 2.88. The number of para-hydroxylation sites is 1. The molecule has 1 fully saturated rings. The van der Waals surface area contributed by atoms with Gasteiger partial charge in [0.2, 0.25) is 15.9 Å². The lowest BCUT2D eigenvalue weighted by atomic mass is 9.95. The summed E-state index contributed by atoms with van der Waals surface area (Å²) in [5, 5.41) is 0. The molecular weight excluding hydrogens is 468 g/mol. The maximum atomic E-state index is 13.8. The molecule has 2 aromatic carbocycles. The quantitative estimate of drug-likeness (QED) is 0.629. The zero-order valence-electron chi connectivity index (χ0n) is 19.9. The van der Waals surface area contributed by atoms with Crippen molar-refractivity contribution in [2.24, 2.45) is 0 Å². The summed E-state index contributed by atoms with van der Waals surface area (Å²) in [4.78, 5) is 15.4. The Labute approximate surface area is 206 Å². The van der Waals surface area contributed by atoms with Crippen LogP contribution in [0.3, 0.4) is 0 Å². The minimum Gasteiger partial charge on any atom is -0.494 e. The summed E-state index contributed by atoms with van der Waals surface area (Å²) < 4.78 is 46.1. The van der Waals surface area contributed by atoms with Crippen molar-refractivity contribution in [1.82, 2.24) is 9.21 Å². The number of rotatable bonds is 2. The van der Waals surface area contributed by atoms with Crippen molar-refractivity contribution in [3.8, 4) is 17.2 Å². The minimum absolute atomic E-state index is 0.0347. The number of carbonyl (C=O) groups excluding carboxylic acids is 1. The van der Waals surface area contributed by atoms with E-state index < -0.39 is 10.0 Å². The van der Waals surface area contributed by atoms with Crippen LogP contribution in [0.5, 0.6) is 17.2 Å². The summed E-state index contributed by atoms with van der Waals surface area (Å²) in [6.07, 6.45) is 5.10. The summed E-state index contributed by atoms with van der Waals surface area (Å²) >= 11 is 0. The Balaban J connectivity index is 1.45. The van der Waals surface area contributed by atoms with Gasteiger partial charge in [0.05, 0.1) is 13.2 Å². The lowest BCUT2D eigenvalue weighted by Gasteiger charge is -2.37. The van der Waals surface area contributed by atoms with Crippen LogP contribution >= 0.6 is 0 Å². The summed E-state index contributed by atoms with van der Waals surface area (Å²) in [5.41, 5.74) is 1.19. The highest BCUT2D eigenvalue weighted by atomic mass is 32.2. The third kappa shape index (κ3) is 5.26. The summed E-state index contributed by atoms with van der Waals surface area (Å²) in [7, 11) is -4.01. The Kier molecular flexibility index (Phi) is 7.15. The molecule has 1 atom stereocenters. The van der Waals surface area contributed by atoms with E-state index in [1.54, 1.807) is 12.1 Å². The van der Waals surface area contributed by atoms with Crippen LogP contribution < -0.4 is 14.2 Å². The van der Waals surface area contributed by atoms with Crippen molar-refractivity contribution in [2.45, 2.75) is 49.5 Å². The number of piperidine rings is 1. The fourth-order valence-electron chi connectivity index (χ4n) is 5.10. The molecule has 0 saturated carbocycles. The molecule has 1 amide bonds. The largest absolute Gasteiger partial charge is 0.494 e. The van der Waals surface area contributed by atoms with Gasteiger partial charge in [-0.2, -0.15) is 4.31 Å². The number of nitrogens with zero attached hydrogens (tertiary/aromatic N) is 2. The molecule has 0 aromatic heterocycles. The monoisotopic (exact) mass is 500 g/mol. The van der Waals surface area contributed by atoms with E-state index in [1.807, 2.05) is 23.1 Å². The molecule has 2 aromatic rings. The van der Waals surface area contributed by atoms with Gasteiger partial charge < -0.3 is 19.1 Å². The smallest absolute Gasteiger partial charge is 0.247 e. The normalized spacial score (nSPS) is 22.0. The van der Waals surface area contributed by atoms with Crippen molar-refractivity contribution in [3.63, 3.8) is 0 Å². The molecular formula is C26H32N2O6S. The Morgan fingerprint density at radius 1 is 0.857 bits per heavy atom. The van der Waals surface area contributed by atoms with Gasteiger partial charge in [-0.05, 0) is 68.4 Å². The third-order valence-corrected chi connectivity index (χ3v) is 8.76. The number of ether oxygens (including phenoxy) is 3. The number of amides is 1. The second kappa shape index (κ2) is 10.5. The van der Waals surface area contributed by atoms with E-state index in [0.717, 1.165) is 37.9 Å². The number of carbonyl (C=O) groups is 1. The number of aryl methyl sites for hydroxylation is 1. The molecule has 3 aliphatic heterocycles. The molecule has 3 heterocycles. The molecule has 0 N–H and O–H groups in total. The van der Waals surface area contributed by atoms with Crippen molar-refractivity contribution >= 4 is 15.9 Å². The Bertz CT molecular complexity index is 1170. The second-order valence-corrected chi connectivity index (χ2v) is 11.2. The van der Waals surface area contributed by atoms with Crippen molar-refractivity contribution < 1.29 is 27.4 Å². The molecule has 188 valence electrons. The zero-order valence-corrected chi connectivity index (χ0v) is 20.7. The SMILES string of the molecule is O=C1CN(S(=O)(=O)c2cccc3c2OCCO3)CCCOc2cccc(c2)CCC2CCCCN12. The topological polar surface area (TPSA) is 85.4 Å². The van der Waals surface area contributed by atoms with Crippen LogP contribution in [-0.4, -0.2) is 69.0 Å². The van der Waals surface area contributed by atoms with Gasteiger partial charge in [0.1, 0.15) is 23.9 Å². The Morgan fingerprint density at radius 3 is 2.63 bits per heavy atom. The first kappa shape index (κ1) is 23.9. The summed E-state index contributed by atoms with van der Waals surface area (Å²) in [6.45, 7) is 1.63. The van der Waals surface area contributed by atoms with E-state index in [0.29, 0.717) is 31.9 Å². The van der Waals surface area contributed by atoms with Gasteiger partial charge in [-0.15, -0.1) is 0 Å². The molecule has 3 aliphatic rings. The maximum absolute atomic E-state index is 13.8. The fraction of sp³-hybridized carbons (Fsp3) is 0.500. The van der Waals surface area contributed by atoms with Gasteiger partial charge in [0.25, 0.3) is 0 Å². The highest BCUT2D eigenvalue weighted by Crippen LogP contribution is 2.38. The van der Waals surface area contributed by atoms with E-state index in [2.05, 4.69) is 6.07 Å². The highest BCUT2D eigenvalue weighted by Gasteiger charge is 2.35. The van der Waals surface area contributed by atoms with Crippen LogP contribution in [0, 0.1) is 0 Å². The standard InChI is InChI=1S/C26H32N2O6S/c29-25-19-27(35(30,31)24-10-4-9-23-26(24)34-17-16-33-23)13-5-15-32-22-8-3-6-20(18-22)11-12-21-7-1-2-14-28(21)25/h3-4,6,8-10,18,21H,1-2,5,7,11-17,19H2. The summed E-state index contributed by atoms with van der Waals surface area (Å²) in [5.74, 6) is 1.26. The number of fused-ring (bicyclic) bond motifs is 4. The second-order valence-electron chi connectivity index (χ2n) is 9.24. The predicted octanol–water partition coefficient (Wildman–Crippen LogP) is 3.24. The van der Waals surface area contributed by atoms with E-state index in [9.17, 15) is 13.2 Å². The molecule has 5 rings (SSSR count). The molecule has 0 radical (unpaired) electrons. The van der Waals surface area contributed by atoms with Crippen LogP contribution in [0.2, 0.25) is 0 Å². The Hall–Kier alpha value is -2.78. The van der Waals surface area contributed by atoms with Crippen molar-refractivity contribution in [3.05, 3.63) is 48.0 Å². The van der Waals surface area contributed by atoms with Crippen LogP contribution in [0.1, 0.15) is 37.7 Å². The molecule has 1 unspecified atom stereocenters. The molecule has 35 heavy (non-hydrogen) atoms. The average molecular weight is 501 g/mol. The van der Waals surface area contributed by atoms with Gasteiger partial charge in [0, 0.05) is 19.1 Å². The number of sulfonamides is 1. The zero-order chi connectivity index (χ0) is 24.3. The lowest BCUT2D eigenvalue weighted by molar-refractivity contribution is -0.135. The fourth-order valence-corrected chi connectivity index (χ4v) is 6.67. The first-order valence-corrected chi connectivity index (χ1v) is 13.9. The van der Waals surface area contributed by atoms with Gasteiger partial charge in [-0.1, -0.05) is 18.2 Å². The number of benzene rings is 2. The molecule has 8 nitrogen and oxygen atoms in total. The molecule has 0 spiro atoms. The third-order valence-electron chi connectivity index (χ3n) is 6.89. The first-order valence-electron chi connectivity index (χ1n) is 12.4. The Morgan fingerprint density at radius 2 is 1.71 bits per heavy atom. The molecule has 0 aliphatic carbocycles. The van der Waals surface area contributed by atoms with Crippen LogP contribution in [0.15, 0.2) is 47.4 Å². The molecule has 1 saturated heterocycles. The lowest BCUT2D eigenvalue weighted by Crippen LogP contribution is -2.49. The van der Waals surface area contributed by atoms with E-state index in [1.165, 1.54) is 15.9 Å². The van der Waals surface area contributed by atoms with Gasteiger partial charge in [-0.25, -0.2) is 8.42 Å². The van der Waals surface area contributed by atoms with E-state index in [4.69, 9.17) is 14.2 Å². The van der Waals surface area contributed by atoms with Crippen LogP contribution in [-0.2, 0) is 21.2 Å². The van der Waals surface area contributed by atoms with Crippen LogP contribution in [0.25, 0.3) is 0 Å². The van der Waals surface area contributed by atoms with Crippen LogP contribution in [0.4, 0.5) is 0 Å².